The number of nitrogens with zero attached hydrogens (tertiary/aromatic N) is 3. The number of rotatable bonds is 20. The summed E-state index contributed by atoms with van der Waals surface area (Å²) in [4.78, 5) is 46.3. The van der Waals surface area contributed by atoms with Crippen LogP contribution in [0.3, 0.4) is 0 Å². The van der Waals surface area contributed by atoms with Crippen LogP contribution in [0.4, 0.5) is 16.3 Å². The van der Waals surface area contributed by atoms with E-state index in [1.54, 1.807) is 12.1 Å². The van der Waals surface area contributed by atoms with Gasteiger partial charge in [0.2, 0.25) is 11.8 Å². The second kappa shape index (κ2) is 19.7. The summed E-state index contributed by atoms with van der Waals surface area (Å²) in [6.07, 6.45) is 3.72. The summed E-state index contributed by atoms with van der Waals surface area (Å²) in [5, 5.41) is 12.5. The Labute approximate surface area is 322 Å². The van der Waals surface area contributed by atoms with Gasteiger partial charge in [0.25, 0.3) is 0 Å². The van der Waals surface area contributed by atoms with E-state index in [-0.39, 0.29) is 18.4 Å². The van der Waals surface area contributed by atoms with Crippen LogP contribution in [0.15, 0.2) is 72.8 Å². The van der Waals surface area contributed by atoms with Gasteiger partial charge in [-0.3, -0.25) is 14.9 Å². The van der Waals surface area contributed by atoms with Crippen LogP contribution in [0.5, 0.6) is 0 Å². The number of hydrogen-bond acceptors (Lipinski definition) is 9. The molecule has 0 aliphatic heterocycles. The molecule has 0 unspecified atom stereocenters. The van der Waals surface area contributed by atoms with Crippen molar-refractivity contribution < 1.29 is 19.1 Å². The lowest BCUT2D eigenvalue weighted by atomic mass is 10.0. The van der Waals surface area contributed by atoms with Crippen molar-refractivity contribution in [1.82, 2.24) is 30.5 Å². The molecular formula is C41H54N10O4. The van der Waals surface area contributed by atoms with Gasteiger partial charge in [0.05, 0.1) is 30.4 Å². The van der Waals surface area contributed by atoms with Crippen molar-refractivity contribution in [3.05, 3.63) is 95.3 Å². The molecule has 5 rings (SSSR count). The summed E-state index contributed by atoms with van der Waals surface area (Å²) in [6.45, 7) is 8.20. The first-order valence-electron chi connectivity index (χ1n) is 18.9. The number of hydrogen-bond donors (Lipinski definition) is 7. The lowest BCUT2D eigenvalue weighted by Crippen LogP contribution is -2.51. The second-order valence-corrected chi connectivity index (χ2v) is 14.1. The summed E-state index contributed by atoms with van der Waals surface area (Å²) in [5.74, 6) is 0.592. The molecule has 0 saturated heterocycles. The molecule has 3 aromatic carbocycles. The molecule has 55 heavy (non-hydrogen) atoms. The number of aryl methyl sites for hydroxylation is 1. The van der Waals surface area contributed by atoms with Crippen molar-refractivity contribution in [3.8, 4) is 0 Å². The Hall–Kier alpha value is -5.57. The number of fused-ring (bicyclic) bond motifs is 3. The molecule has 2 aromatic heterocycles. The van der Waals surface area contributed by atoms with E-state index in [1.165, 1.54) is 5.56 Å². The number of aromatic nitrogens is 3. The molecule has 0 saturated carbocycles. The van der Waals surface area contributed by atoms with Crippen molar-refractivity contribution in [3.63, 3.8) is 0 Å². The summed E-state index contributed by atoms with van der Waals surface area (Å²) in [7, 11) is 0. The number of anilines is 2. The predicted octanol–water partition coefficient (Wildman–Crippen LogP) is 4.68. The summed E-state index contributed by atoms with van der Waals surface area (Å²) >= 11 is 0. The van der Waals surface area contributed by atoms with Gasteiger partial charge in [0, 0.05) is 37.1 Å². The van der Waals surface area contributed by atoms with E-state index < -0.39 is 24.0 Å². The van der Waals surface area contributed by atoms with Gasteiger partial charge in [-0.2, -0.15) is 0 Å². The lowest BCUT2D eigenvalue weighted by Gasteiger charge is -2.22. The van der Waals surface area contributed by atoms with Crippen LogP contribution < -0.4 is 38.5 Å². The number of ether oxygens (including phenoxy) is 1. The van der Waals surface area contributed by atoms with E-state index in [1.807, 2.05) is 44.2 Å². The molecule has 0 spiro atoms. The molecular weight excluding hydrogens is 697 g/mol. The lowest BCUT2D eigenvalue weighted by molar-refractivity contribution is -0.128. The molecule has 14 nitrogen and oxygen atoms in total. The van der Waals surface area contributed by atoms with E-state index >= 15 is 0 Å². The monoisotopic (exact) mass is 750 g/mol. The number of carbonyl (C=O) groups is 3. The normalized spacial score (nSPS) is 12.5. The number of carbonyl (C=O) groups excluding carboxylic acids is 3. The molecule has 5 aromatic rings. The first-order valence-corrected chi connectivity index (χ1v) is 18.9. The van der Waals surface area contributed by atoms with Gasteiger partial charge in [0.15, 0.2) is 5.82 Å². The van der Waals surface area contributed by atoms with Crippen molar-refractivity contribution >= 4 is 51.3 Å². The van der Waals surface area contributed by atoms with E-state index in [2.05, 4.69) is 68.1 Å². The maximum absolute atomic E-state index is 13.1. The van der Waals surface area contributed by atoms with Crippen molar-refractivity contribution in [2.75, 3.05) is 24.3 Å². The number of nitrogens with one attached hydrogen (secondary N) is 4. The summed E-state index contributed by atoms with van der Waals surface area (Å²) in [5.41, 5.74) is 24.0. The number of nitrogen functional groups attached to an aromatic ring is 1. The third kappa shape index (κ3) is 11.2. The first-order chi connectivity index (χ1) is 26.5. The average molecular weight is 751 g/mol. The van der Waals surface area contributed by atoms with Crippen LogP contribution in [0.2, 0.25) is 0 Å². The third-order valence-corrected chi connectivity index (χ3v) is 9.45. The fourth-order valence-corrected chi connectivity index (χ4v) is 6.25. The smallest absolute Gasteiger partial charge is 0.312 e. The molecule has 2 heterocycles. The van der Waals surface area contributed by atoms with Crippen LogP contribution in [0.25, 0.3) is 21.9 Å². The van der Waals surface area contributed by atoms with Crippen LogP contribution >= 0.6 is 0 Å². The average Bonchev–Trinajstić information content (AvgIpc) is 3.54. The molecule has 0 bridgehead atoms. The number of nitrogens with two attached hydrogens (primary N) is 3. The van der Waals surface area contributed by atoms with Crippen LogP contribution in [0, 0.1) is 5.92 Å². The number of primary amides is 1. The molecule has 292 valence electrons. The minimum atomic E-state index is -0.837. The maximum atomic E-state index is 13.1. The highest BCUT2D eigenvalue weighted by molar-refractivity contribution is 6.06. The van der Waals surface area contributed by atoms with Gasteiger partial charge >= 0.3 is 6.03 Å². The fraction of sp³-hybridized carbons (Fsp3) is 0.390. The number of pyridine rings is 1. The quantitative estimate of drug-likeness (QED) is 0.0434. The highest BCUT2D eigenvalue weighted by Gasteiger charge is 2.25. The fourth-order valence-electron chi connectivity index (χ4n) is 6.25. The largest absolute Gasteiger partial charge is 0.382 e. The topological polar surface area (TPSA) is 217 Å². The highest BCUT2D eigenvalue weighted by atomic mass is 16.5. The van der Waals surface area contributed by atoms with E-state index in [9.17, 15) is 14.4 Å². The Kier molecular flexibility index (Phi) is 14.5. The van der Waals surface area contributed by atoms with Gasteiger partial charge in [-0.25, -0.2) is 14.8 Å². The maximum Gasteiger partial charge on any atom is 0.312 e. The van der Waals surface area contributed by atoms with E-state index in [0.717, 1.165) is 58.2 Å². The van der Waals surface area contributed by atoms with Gasteiger partial charge in [-0.15, -0.1) is 0 Å². The van der Waals surface area contributed by atoms with Gasteiger partial charge < -0.3 is 42.5 Å². The van der Waals surface area contributed by atoms with Gasteiger partial charge in [-0.1, -0.05) is 81.8 Å². The first kappa shape index (κ1) is 40.6. The Morgan fingerprint density at radius 2 is 1.60 bits per heavy atom. The number of para-hydroxylation sites is 1. The Morgan fingerprint density at radius 3 is 2.31 bits per heavy atom. The Balaban J connectivity index is 1.10. The zero-order valence-electron chi connectivity index (χ0n) is 31.9. The predicted molar refractivity (Wildman–Crippen MR) is 217 cm³/mol. The minimum absolute atomic E-state index is 0.0948. The van der Waals surface area contributed by atoms with Crippen LogP contribution in [-0.4, -0.2) is 57.7 Å². The zero-order chi connectivity index (χ0) is 39.3. The highest BCUT2D eigenvalue weighted by Crippen LogP contribution is 2.30. The number of amides is 4. The Bertz CT molecular complexity index is 2050. The van der Waals surface area contributed by atoms with Crippen LogP contribution in [0.1, 0.15) is 69.0 Å². The Morgan fingerprint density at radius 1 is 0.891 bits per heavy atom. The molecule has 0 aliphatic carbocycles. The zero-order valence-corrected chi connectivity index (χ0v) is 31.9. The minimum Gasteiger partial charge on any atom is -0.382 e. The van der Waals surface area contributed by atoms with Crippen molar-refractivity contribution in [1.29, 1.82) is 0 Å². The number of benzene rings is 3. The SMILES string of the molecule is CCCCc1nc2c(N)nc3ccccc3c2n1Cc1ccc(CNCOCc2ccc(NC(=O)[C@H](CCCNC(N)=O)NC(=O)[C@@H](N)C(C)C)cc2)cc1. The third-order valence-electron chi connectivity index (χ3n) is 9.45. The van der Waals surface area contributed by atoms with Gasteiger partial charge in [-0.05, 0) is 60.1 Å². The van der Waals surface area contributed by atoms with Crippen molar-refractivity contribution in [2.45, 2.75) is 84.7 Å². The number of imidazole rings is 1. The van der Waals surface area contributed by atoms with Crippen molar-refractivity contribution in [2.24, 2.45) is 17.4 Å². The standard InChI is InChI=1S/C41H54N10O4/c1-4-5-12-34-50-36-37(31-9-6-7-10-32(31)48-38(36)43)51(34)23-28-15-13-27(14-16-28)22-45-25-55-24-29-17-19-30(20-18-29)47-39(52)33(11-8-21-46-41(44)54)49-40(53)35(42)26(2)3/h6-7,9-10,13-20,26,33,35,45H,4-5,8,11-12,21-25,42H2,1-3H3,(H2,43,48)(H,47,52)(H,49,53)(H3,44,46,54)/t33-,35-/m0/s1. The molecule has 0 radical (unpaired) electrons. The summed E-state index contributed by atoms with van der Waals surface area (Å²) in [6, 6.07) is 21.7. The van der Waals surface area contributed by atoms with E-state index in [0.29, 0.717) is 50.8 Å². The molecule has 4 amide bonds. The number of urea groups is 1. The van der Waals surface area contributed by atoms with Crippen LogP contribution in [-0.2, 0) is 40.4 Å². The molecule has 2 atom stereocenters. The molecule has 0 aliphatic rings. The molecule has 10 N–H and O–H groups in total. The van der Waals surface area contributed by atoms with E-state index in [4.69, 9.17) is 26.9 Å². The summed E-state index contributed by atoms with van der Waals surface area (Å²) < 4.78 is 8.16. The molecule has 14 heteroatoms. The van der Waals surface area contributed by atoms with Gasteiger partial charge in [0.1, 0.15) is 17.4 Å². The second-order valence-electron chi connectivity index (χ2n) is 14.1. The molecule has 0 fully saturated rings. The number of unbranched alkanes of at least 4 members (excludes halogenated alkanes) is 1.